The Morgan fingerprint density at radius 1 is 0.750 bits per heavy atom. The molecule has 1 radical (unpaired) electrons. The van der Waals surface area contributed by atoms with Crippen LogP contribution in [-0.2, 0) is 20.1 Å². The van der Waals surface area contributed by atoms with E-state index in [1.807, 2.05) is 48.5 Å². The molecule has 0 atom stereocenters. The molecule has 0 saturated heterocycles. The van der Waals surface area contributed by atoms with Gasteiger partial charge in [0, 0.05) is 50.5 Å². The zero-order chi connectivity index (χ0) is 24.8. The minimum absolute atomic E-state index is 0. The molecule has 0 aliphatic heterocycles. The van der Waals surface area contributed by atoms with Gasteiger partial charge in [-0.25, -0.2) is 8.78 Å². The van der Waals surface area contributed by atoms with Gasteiger partial charge < -0.3 is 9.97 Å². The van der Waals surface area contributed by atoms with Gasteiger partial charge in [0.25, 0.3) is 0 Å². The first-order chi connectivity index (χ1) is 17.0. The van der Waals surface area contributed by atoms with Crippen LogP contribution in [0.4, 0.5) is 17.6 Å². The van der Waals surface area contributed by atoms with Gasteiger partial charge in [-0.05, 0) is 47.6 Å². The summed E-state index contributed by atoms with van der Waals surface area (Å²) in [5.74, 6) is -6.88. The second-order valence-electron chi connectivity index (χ2n) is 7.37. The van der Waals surface area contributed by atoms with Gasteiger partial charge in [0.05, 0.1) is 11.6 Å². The standard InChI is InChI=1S/C17H9F4N2.C11H8N.Ir/c1-9-6-14(11-7-13(18)16(20)17(21)15(11)19)23-8-12(9)10-2-4-22-5-3-10;1-2-6-10(7-3-1)11-8-4-5-9-12-11;/h2-6,8H,1H3;1-6,8-9H;/q2*-1;. The van der Waals surface area contributed by atoms with E-state index in [-0.39, 0.29) is 25.8 Å². The van der Waals surface area contributed by atoms with Gasteiger partial charge in [-0.15, -0.1) is 35.9 Å². The molecule has 3 heterocycles. The fraction of sp³-hybridized carbons (Fsp3) is 0.0357. The van der Waals surface area contributed by atoms with Crippen LogP contribution in [0.5, 0.6) is 0 Å². The van der Waals surface area contributed by atoms with Crippen molar-refractivity contribution in [3.8, 4) is 33.6 Å². The van der Waals surface area contributed by atoms with Crippen LogP contribution >= 0.6 is 0 Å². The van der Waals surface area contributed by atoms with E-state index in [1.165, 1.54) is 12.3 Å². The van der Waals surface area contributed by atoms with E-state index < -0.39 is 28.8 Å². The van der Waals surface area contributed by atoms with Gasteiger partial charge in [-0.1, -0.05) is 29.8 Å². The molecule has 0 N–H and O–H groups in total. The predicted octanol–water partition coefficient (Wildman–Crippen LogP) is 7.02. The first-order valence-electron chi connectivity index (χ1n) is 10.5. The maximum atomic E-state index is 13.8. The van der Waals surface area contributed by atoms with Gasteiger partial charge in [-0.2, -0.15) is 0 Å². The summed E-state index contributed by atoms with van der Waals surface area (Å²) in [6.45, 7) is 1.75. The van der Waals surface area contributed by atoms with Gasteiger partial charge in [0.1, 0.15) is 11.6 Å². The molecule has 2 aromatic carbocycles. The number of rotatable bonds is 3. The van der Waals surface area contributed by atoms with E-state index >= 15 is 0 Å². The monoisotopic (exact) mass is 664 g/mol. The van der Waals surface area contributed by atoms with Crippen LogP contribution in [0.3, 0.4) is 0 Å². The smallest absolute Gasteiger partial charge is 0.114 e. The quantitative estimate of drug-likeness (QED) is 0.0902. The summed E-state index contributed by atoms with van der Waals surface area (Å²) in [5.41, 5.74) is 3.74. The zero-order valence-corrected chi connectivity index (χ0v) is 21.2. The second kappa shape index (κ2) is 12.3. The molecule has 0 fully saturated rings. The second-order valence-corrected chi connectivity index (χ2v) is 7.37. The topological polar surface area (TPSA) is 38.7 Å². The van der Waals surface area contributed by atoms with E-state index in [4.69, 9.17) is 0 Å². The summed E-state index contributed by atoms with van der Waals surface area (Å²) in [6.07, 6.45) is 6.46. The number of hydrogen-bond donors (Lipinski definition) is 0. The Hall–Kier alpha value is -3.74. The summed E-state index contributed by atoms with van der Waals surface area (Å²) >= 11 is 0. The number of nitrogens with zero attached hydrogens (tertiary/aromatic N) is 3. The molecule has 0 unspecified atom stereocenters. The Morgan fingerprint density at radius 3 is 2.14 bits per heavy atom. The molecule has 5 rings (SSSR count). The summed E-state index contributed by atoms with van der Waals surface area (Å²) in [6, 6.07) is 23.7. The molecule has 183 valence electrons. The summed E-state index contributed by atoms with van der Waals surface area (Å²) in [4.78, 5) is 12.1. The molecule has 0 bridgehead atoms. The van der Waals surface area contributed by atoms with Crippen molar-refractivity contribution in [2.45, 2.75) is 6.92 Å². The Kier molecular flexibility index (Phi) is 9.17. The minimum atomic E-state index is -1.89. The number of halogens is 4. The molecule has 0 amide bonds. The maximum Gasteiger partial charge on any atom is 0.114 e. The molecule has 3 aromatic heterocycles. The summed E-state index contributed by atoms with van der Waals surface area (Å²) < 4.78 is 53.4. The van der Waals surface area contributed by atoms with E-state index in [0.29, 0.717) is 5.56 Å². The molecular formula is C28H17F4IrN3-2. The van der Waals surface area contributed by atoms with Gasteiger partial charge in [0.15, 0.2) is 0 Å². The van der Waals surface area contributed by atoms with Gasteiger partial charge in [0.2, 0.25) is 0 Å². The molecule has 36 heavy (non-hydrogen) atoms. The molecule has 0 saturated carbocycles. The van der Waals surface area contributed by atoms with Crippen molar-refractivity contribution in [1.29, 1.82) is 0 Å². The van der Waals surface area contributed by atoms with Crippen molar-refractivity contribution in [3.05, 3.63) is 126 Å². The van der Waals surface area contributed by atoms with E-state index in [1.54, 1.807) is 37.6 Å². The molecule has 8 heteroatoms. The van der Waals surface area contributed by atoms with Crippen molar-refractivity contribution in [2.24, 2.45) is 0 Å². The number of aromatic nitrogens is 3. The van der Waals surface area contributed by atoms with Crippen molar-refractivity contribution < 1.29 is 37.7 Å². The van der Waals surface area contributed by atoms with Crippen LogP contribution in [-0.4, -0.2) is 15.0 Å². The van der Waals surface area contributed by atoms with E-state index in [9.17, 15) is 17.6 Å². The molecule has 0 aliphatic rings. The average molecular weight is 664 g/mol. The Bertz CT molecular complexity index is 1400. The third kappa shape index (κ3) is 6.08. The molecular weight excluding hydrogens is 647 g/mol. The molecule has 5 aromatic rings. The maximum absolute atomic E-state index is 13.8. The van der Waals surface area contributed by atoms with Crippen molar-refractivity contribution in [1.82, 2.24) is 15.0 Å². The number of benzene rings is 2. The third-order valence-electron chi connectivity index (χ3n) is 5.04. The number of hydrogen-bond acceptors (Lipinski definition) is 3. The van der Waals surface area contributed by atoms with E-state index in [2.05, 4.69) is 21.0 Å². The fourth-order valence-electron chi connectivity index (χ4n) is 3.30. The fourth-order valence-corrected chi connectivity index (χ4v) is 3.30. The van der Waals surface area contributed by atoms with Crippen molar-refractivity contribution in [3.63, 3.8) is 0 Å². The number of aryl methyl sites for hydroxylation is 1. The number of pyridine rings is 3. The van der Waals surface area contributed by atoms with Crippen LogP contribution in [0.2, 0.25) is 0 Å². The van der Waals surface area contributed by atoms with Crippen LogP contribution < -0.4 is 0 Å². The molecule has 3 nitrogen and oxygen atoms in total. The third-order valence-corrected chi connectivity index (χ3v) is 5.04. The molecule has 0 spiro atoms. The van der Waals surface area contributed by atoms with Gasteiger partial charge in [-0.3, -0.25) is 13.8 Å². The largest absolute Gasteiger partial charge is 0.305 e. The van der Waals surface area contributed by atoms with Crippen LogP contribution in [0, 0.1) is 42.3 Å². The van der Waals surface area contributed by atoms with Crippen LogP contribution in [0.25, 0.3) is 33.6 Å². The van der Waals surface area contributed by atoms with Crippen molar-refractivity contribution >= 4 is 0 Å². The summed E-state index contributed by atoms with van der Waals surface area (Å²) in [7, 11) is 0. The SMILES string of the molecule is Cc1cc(-c2[c-]c(F)c(F)c(F)c2F)ncc1-c1ccncc1.[Ir].[c-]1ccccc1-c1ccccn1. The van der Waals surface area contributed by atoms with Crippen LogP contribution in [0.1, 0.15) is 5.56 Å². The Labute approximate surface area is 219 Å². The first-order valence-corrected chi connectivity index (χ1v) is 10.5. The normalized spacial score (nSPS) is 10.1. The van der Waals surface area contributed by atoms with Crippen LogP contribution in [0.15, 0.2) is 85.5 Å². The van der Waals surface area contributed by atoms with Crippen molar-refractivity contribution in [2.75, 3.05) is 0 Å². The zero-order valence-electron chi connectivity index (χ0n) is 18.8. The molecule has 0 aliphatic carbocycles. The van der Waals surface area contributed by atoms with E-state index in [0.717, 1.165) is 22.4 Å². The average Bonchev–Trinajstić information content (AvgIpc) is 2.91. The first kappa shape index (κ1) is 26.9. The predicted molar refractivity (Wildman–Crippen MR) is 125 cm³/mol. The van der Waals surface area contributed by atoms with Gasteiger partial charge >= 0.3 is 0 Å². The minimum Gasteiger partial charge on any atom is -0.305 e. The summed E-state index contributed by atoms with van der Waals surface area (Å²) in [5, 5.41) is 0. The Morgan fingerprint density at radius 2 is 1.50 bits per heavy atom. The Balaban J connectivity index is 0.000000234.